The number of hydrogen-bond donors (Lipinski definition) is 0. The topological polar surface area (TPSA) is 84.1 Å². The first kappa shape index (κ1) is 25.9. The molecule has 0 saturated carbocycles. The molecule has 0 aliphatic carbocycles. The van der Waals surface area contributed by atoms with Crippen LogP contribution >= 0.6 is 11.3 Å². The third-order valence-electron chi connectivity index (χ3n) is 7.25. The van der Waals surface area contributed by atoms with Crippen LogP contribution in [0.2, 0.25) is 0 Å². The predicted octanol–water partition coefficient (Wildman–Crippen LogP) is 4.24. The Hall–Kier alpha value is -4.37. The summed E-state index contributed by atoms with van der Waals surface area (Å²) in [7, 11) is 0. The van der Waals surface area contributed by atoms with Crippen LogP contribution in [0.4, 0.5) is 0 Å². The zero-order valence-corrected chi connectivity index (χ0v) is 23.8. The molecular weight excluding hydrogens is 526 g/mol. The number of carbonyl (C=O) groups is 1. The molecule has 4 aromatic rings. The zero-order chi connectivity index (χ0) is 28.1. The van der Waals surface area contributed by atoms with Crippen molar-refractivity contribution >= 4 is 23.4 Å². The van der Waals surface area contributed by atoms with Crippen LogP contribution in [0.5, 0.6) is 11.5 Å². The van der Waals surface area contributed by atoms with E-state index in [4.69, 9.17) is 14.2 Å². The molecule has 2 aliphatic rings. The molecule has 40 heavy (non-hydrogen) atoms. The zero-order valence-electron chi connectivity index (χ0n) is 23.0. The van der Waals surface area contributed by atoms with Crippen LogP contribution in [0.1, 0.15) is 48.0 Å². The number of esters is 1. The molecule has 0 saturated heterocycles. The smallest absolute Gasteiger partial charge is 0.338 e. The average molecular weight is 556 g/mol. The van der Waals surface area contributed by atoms with E-state index in [0.29, 0.717) is 37.7 Å². The first-order chi connectivity index (χ1) is 19.3. The fraction of sp³-hybridized carbons (Fsp3) is 0.258. The lowest BCUT2D eigenvalue weighted by Crippen LogP contribution is -2.39. The van der Waals surface area contributed by atoms with Crippen molar-refractivity contribution in [3.05, 3.63) is 108 Å². The van der Waals surface area contributed by atoms with Gasteiger partial charge in [-0.3, -0.25) is 9.36 Å². The predicted molar refractivity (Wildman–Crippen MR) is 153 cm³/mol. The number of benzene rings is 2. The summed E-state index contributed by atoms with van der Waals surface area (Å²) in [4.78, 5) is 32.4. The maximum Gasteiger partial charge on any atom is 0.338 e. The van der Waals surface area contributed by atoms with Crippen molar-refractivity contribution in [2.45, 2.75) is 40.7 Å². The van der Waals surface area contributed by atoms with Crippen molar-refractivity contribution in [3.63, 3.8) is 0 Å². The van der Waals surface area contributed by atoms with Gasteiger partial charge in [0.15, 0.2) is 16.3 Å². The van der Waals surface area contributed by atoms with E-state index in [1.165, 1.54) is 16.9 Å². The summed E-state index contributed by atoms with van der Waals surface area (Å²) in [5.41, 5.74) is 6.65. The molecule has 0 N–H and O–H groups in total. The minimum Gasteiger partial charge on any atom is -0.463 e. The highest BCUT2D eigenvalue weighted by Crippen LogP contribution is 2.38. The van der Waals surface area contributed by atoms with Gasteiger partial charge in [0.1, 0.15) is 0 Å². The van der Waals surface area contributed by atoms with E-state index >= 15 is 0 Å². The van der Waals surface area contributed by atoms with Gasteiger partial charge in [-0.05, 0) is 87.7 Å². The van der Waals surface area contributed by atoms with Gasteiger partial charge in [0, 0.05) is 17.1 Å². The van der Waals surface area contributed by atoms with Crippen molar-refractivity contribution in [1.29, 1.82) is 0 Å². The molecule has 0 amide bonds. The van der Waals surface area contributed by atoms with Gasteiger partial charge in [-0.2, -0.15) is 0 Å². The Kier molecular flexibility index (Phi) is 6.46. The Bertz CT molecular complexity index is 1890. The van der Waals surface area contributed by atoms with Crippen molar-refractivity contribution < 1.29 is 19.0 Å². The Labute approximate surface area is 235 Å². The van der Waals surface area contributed by atoms with E-state index in [9.17, 15) is 9.59 Å². The van der Waals surface area contributed by atoms with Crippen LogP contribution in [0, 0.1) is 20.8 Å². The quantitative estimate of drug-likeness (QED) is 0.344. The second-order valence-corrected chi connectivity index (χ2v) is 10.9. The van der Waals surface area contributed by atoms with Crippen LogP contribution in [0.15, 0.2) is 69.6 Å². The fourth-order valence-corrected chi connectivity index (χ4v) is 6.47. The van der Waals surface area contributed by atoms with Crippen LogP contribution in [-0.2, 0) is 9.53 Å². The number of fused-ring (bicyclic) bond motifs is 2. The van der Waals surface area contributed by atoms with Crippen LogP contribution in [0.25, 0.3) is 11.8 Å². The molecule has 8 nitrogen and oxygen atoms in total. The summed E-state index contributed by atoms with van der Waals surface area (Å²) in [6, 6.07) is 15.2. The van der Waals surface area contributed by atoms with Crippen LogP contribution in [-0.4, -0.2) is 28.5 Å². The molecule has 6 rings (SSSR count). The molecule has 4 heterocycles. The molecule has 0 fully saturated rings. The molecule has 0 radical (unpaired) electrons. The summed E-state index contributed by atoms with van der Waals surface area (Å²) in [6.07, 6.45) is 1.92. The number of aromatic nitrogens is 2. The molecule has 2 aromatic heterocycles. The minimum atomic E-state index is -0.716. The number of hydrogen-bond acceptors (Lipinski definition) is 7. The SMILES string of the molecule is CCOC(=O)C1=C(C)N=c2s/c(=C/c3cc(C)n(-c4cccc(C)c4)c3C)c(=O)n2[C@@H]1c1ccc2c(c1)OCO2. The second-order valence-electron chi connectivity index (χ2n) is 9.92. The number of nitrogens with zero attached hydrogens (tertiary/aromatic N) is 3. The Morgan fingerprint density at radius 1 is 1.10 bits per heavy atom. The summed E-state index contributed by atoms with van der Waals surface area (Å²) < 4.78 is 20.8. The number of carbonyl (C=O) groups excluding carboxylic acids is 1. The lowest BCUT2D eigenvalue weighted by atomic mass is 9.95. The molecule has 0 unspecified atom stereocenters. The number of rotatable bonds is 5. The molecule has 0 spiro atoms. The largest absolute Gasteiger partial charge is 0.463 e. The lowest BCUT2D eigenvalue weighted by molar-refractivity contribution is -0.139. The van der Waals surface area contributed by atoms with Gasteiger partial charge in [0.05, 0.1) is 28.5 Å². The Morgan fingerprint density at radius 2 is 1.90 bits per heavy atom. The highest BCUT2D eigenvalue weighted by atomic mass is 32.1. The van der Waals surface area contributed by atoms with Gasteiger partial charge in [-0.15, -0.1) is 0 Å². The molecule has 2 aliphatic heterocycles. The van der Waals surface area contributed by atoms with Crippen molar-refractivity contribution in [2.75, 3.05) is 13.4 Å². The minimum absolute atomic E-state index is 0.127. The highest BCUT2D eigenvalue weighted by Gasteiger charge is 2.34. The van der Waals surface area contributed by atoms with Gasteiger partial charge in [0.2, 0.25) is 6.79 Å². The average Bonchev–Trinajstić information content (AvgIpc) is 3.59. The normalized spacial score (nSPS) is 16.2. The molecule has 9 heteroatoms. The summed E-state index contributed by atoms with van der Waals surface area (Å²) in [5.74, 6) is 0.696. The van der Waals surface area contributed by atoms with E-state index < -0.39 is 12.0 Å². The molecule has 2 aromatic carbocycles. The standard InChI is InChI=1S/C31H29N3O5S/c1-6-37-30(36)27-19(4)32-31-34(28(27)21-10-11-24-25(14-21)39-16-38-24)29(35)26(40-31)15-22-13-18(3)33(20(22)5)23-9-7-8-17(2)12-23/h7-15,28H,6,16H2,1-5H3/b26-15+/t28-/m1/s1. The van der Waals surface area contributed by atoms with Crippen molar-refractivity contribution in [1.82, 2.24) is 9.13 Å². The highest BCUT2D eigenvalue weighted by molar-refractivity contribution is 7.07. The monoisotopic (exact) mass is 555 g/mol. The van der Waals surface area contributed by atoms with Crippen molar-refractivity contribution in [2.24, 2.45) is 4.99 Å². The number of aryl methyl sites for hydroxylation is 2. The third kappa shape index (κ3) is 4.26. The lowest BCUT2D eigenvalue weighted by Gasteiger charge is -2.24. The van der Waals surface area contributed by atoms with Gasteiger partial charge in [-0.1, -0.05) is 29.5 Å². The third-order valence-corrected chi connectivity index (χ3v) is 8.23. The van der Waals surface area contributed by atoms with Gasteiger partial charge in [-0.25, -0.2) is 9.79 Å². The Balaban J connectivity index is 1.52. The van der Waals surface area contributed by atoms with Crippen LogP contribution < -0.4 is 24.4 Å². The number of thiazole rings is 1. The first-order valence-electron chi connectivity index (χ1n) is 13.1. The van der Waals surface area contributed by atoms with E-state index in [-0.39, 0.29) is 19.0 Å². The Morgan fingerprint density at radius 3 is 2.67 bits per heavy atom. The van der Waals surface area contributed by atoms with Gasteiger partial charge >= 0.3 is 5.97 Å². The number of allylic oxidation sites excluding steroid dienone is 1. The fourth-order valence-electron chi connectivity index (χ4n) is 5.43. The molecule has 0 bridgehead atoms. The second kappa shape index (κ2) is 9.98. The number of ether oxygens (including phenoxy) is 3. The summed E-state index contributed by atoms with van der Waals surface area (Å²) in [6.45, 7) is 10.1. The molecule has 204 valence electrons. The van der Waals surface area contributed by atoms with Gasteiger partial charge in [0.25, 0.3) is 5.56 Å². The van der Waals surface area contributed by atoms with E-state index in [1.54, 1.807) is 24.5 Å². The van der Waals surface area contributed by atoms with E-state index in [0.717, 1.165) is 22.6 Å². The maximum absolute atomic E-state index is 14.0. The van der Waals surface area contributed by atoms with Crippen molar-refractivity contribution in [3.8, 4) is 17.2 Å². The van der Waals surface area contributed by atoms with Crippen LogP contribution in [0.3, 0.4) is 0 Å². The molecule has 1 atom stereocenters. The summed E-state index contributed by atoms with van der Waals surface area (Å²) >= 11 is 1.31. The van der Waals surface area contributed by atoms with Gasteiger partial charge < -0.3 is 18.8 Å². The first-order valence-corrected chi connectivity index (χ1v) is 13.9. The maximum atomic E-state index is 14.0. The van der Waals surface area contributed by atoms with E-state index in [2.05, 4.69) is 54.6 Å². The van der Waals surface area contributed by atoms with E-state index in [1.807, 2.05) is 24.3 Å². The molecular formula is C31H29N3O5S. The summed E-state index contributed by atoms with van der Waals surface area (Å²) in [5, 5.41) is 0.